The Hall–Kier alpha value is -2.22. The first kappa shape index (κ1) is 18.1. The van der Waals surface area contributed by atoms with Gasteiger partial charge in [0.2, 0.25) is 0 Å². The highest BCUT2D eigenvalue weighted by atomic mass is 19.2. The molecule has 2 amide bonds. The number of ether oxygens (including phenoxy) is 1. The van der Waals surface area contributed by atoms with Crippen LogP contribution in [0, 0.1) is 17.6 Å². The van der Waals surface area contributed by atoms with Gasteiger partial charge in [0.05, 0.1) is 18.6 Å². The molecule has 0 aromatic heterocycles. The van der Waals surface area contributed by atoms with Gasteiger partial charge in [-0.2, -0.15) is 0 Å². The zero-order valence-electron chi connectivity index (χ0n) is 13.3. The third-order valence-electron chi connectivity index (χ3n) is 4.11. The Bertz CT molecular complexity index is 604. The van der Waals surface area contributed by atoms with Crippen molar-refractivity contribution in [2.24, 2.45) is 5.92 Å². The number of piperidine rings is 1. The number of carbonyl (C=O) groups excluding carboxylic acids is 1. The summed E-state index contributed by atoms with van der Waals surface area (Å²) in [4.78, 5) is 24.8. The average Bonchev–Trinajstić information content (AvgIpc) is 2.57. The number of nitrogens with one attached hydrogen (secondary N) is 1. The minimum Gasteiger partial charge on any atom is -0.481 e. The molecular formula is C16H20F2N2O4. The van der Waals surface area contributed by atoms with Gasteiger partial charge in [-0.05, 0) is 30.5 Å². The van der Waals surface area contributed by atoms with Crippen LogP contribution < -0.4 is 5.32 Å². The molecule has 6 nitrogen and oxygen atoms in total. The fourth-order valence-corrected chi connectivity index (χ4v) is 2.69. The van der Waals surface area contributed by atoms with Gasteiger partial charge in [-0.15, -0.1) is 0 Å². The molecule has 0 aliphatic carbocycles. The summed E-state index contributed by atoms with van der Waals surface area (Å²) in [7, 11) is 1.44. The van der Waals surface area contributed by atoms with Gasteiger partial charge in [0.25, 0.3) is 0 Å². The van der Waals surface area contributed by atoms with Gasteiger partial charge in [0.15, 0.2) is 11.6 Å². The molecule has 1 fully saturated rings. The second kappa shape index (κ2) is 8.05. The Balaban J connectivity index is 2.01. The standard InChI is InChI=1S/C16H20F2N2O4/c1-24-9-14(11-2-3-12(17)13(18)8-11)19-16(23)20-6-4-10(5-7-20)15(21)22/h2-3,8,10,14H,4-7,9H2,1H3,(H,19,23)(H,21,22). The monoisotopic (exact) mass is 342 g/mol. The van der Waals surface area contributed by atoms with Crippen LogP contribution in [0.1, 0.15) is 24.4 Å². The minimum atomic E-state index is -0.995. The van der Waals surface area contributed by atoms with E-state index in [9.17, 15) is 18.4 Å². The number of rotatable bonds is 5. The second-order valence-corrected chi connectivity index (χ2v) is 5.73. The number of carboxylic acid groups (broad SMARTS) is 1. The highest BCUT2D eigenvalue weighted by Crippen LogP contribution is 2.20. The lowest BCUT2D eigenvalue weighted by atomic mass is 9.97. The Labute approximate surface area is 138 Å². The van der Waals surface area contributed by atoms with Crippen LogP contribution in [-0.2, 0) is 9.53 Å². The van der Waals surface area contributed by atoms with Crippen LogP contribution in [0.3, 0.4) is 0 Å². The maximum atomic E-state index is 13.4. The van der Waals surface area contributed by atoms with Gasteiger partial charge in [0, 0.05) is 20.2 Å². The Morgan fingerprint density at radius 2 is 2.00 bits per heavy atom. The molecule has 2 rings (SSSR count). The number of aliphatic carboxylic acids is 1. The smallest absolute Gasteiger partial charge is 0.317 e. The van der Waals surface area contributed by atoms with Crippen LogP contribution in [0.5, 0.6) is 0 Å². The highest BCUT2D eigenvalue weighted by molar-refractivity contribution is 5.76. The van der Waals surface area contributed by atoms with Gasteiger partial charge in [-0.3, -0.25) is 4.79 Å². The molecule has 1 aromatic rings. The number of amides is 2. The maximum absolute atomic E-state index is 13.4. The summed E-state index contributed by atoms with van der Waals surface area (Å²) in [6.07, 6.45) is 0.783. The second-order valence-electron chi connectivity index (χ2n) is 5.73. The van der Waals surface area contributed by atoms with Crippen LogP contribution in [0.25, 0.3) is 0 Å². The van der Waals surface area contributed by atoms with E-state index in [2.05, 4.69) is 5.32 Å². The number of methoxy groups -OCH3 is 1. The average molecular weight is 342 g/mol. The molecule has 1 heterocycles. The van der Waals surface area contributed by atoms with Crippen molar-refractivity contribution in [3.05, 3.63) is 35.4 Å². The quantitative estimate of drug-likeness (QED) is 0.859. The van der Waals surface area contributed by atoms with Gasteiger partial charge in [-0.25, -0.2) is 13.6 Å². The molecule has 0 saturated carbocycles. The first-order chi connectivity index (χ1) is 11.4. The minimum absolute atomic E-state index is 0.0996. The van der Waals surface area contributed by atoms with Crippen molar-refractivity contribution in [3.8, 4) is 0 Å². The third kappa shape index (κ3) is 4.41. The summed E-state index contributed by atoms with van der Waals surface area (Å²) >= 11 is 0. The van der Waals surface area contributed by atoms with E-state index in [-0.39, 0.29) is 12.6 Å². The number of nitrogens with zero attached hydrogens (tertiary/aromatic N) is 1. The first-order valence-corrected chi connectivity index (χ1v) is 7.64. The summed E-state index contributed by atoms with van der Waals surface area (Å²) in [5, 5.41) is 11.7. The lowest BCUT2D eigenvalue weighted by Crippen LogP contribution is -2.47. The lowest BCUT2D eigenvalue weighted by molar-refractivity contribution is -0.143. The number of urea groups is 1. The molecule has 132 valence electrons. The van der Waals surface area contributed by atoms with Crippen LogP contribution >= 0.6 is 0 Å². The Morgan fingerprint density at radius 1 is 1.33 bits per heavy atom. The van der Waals surface area contributed by atoms with Crippen LogP contribution in [0.4, 0.5) is 13.6 Å². The van der Waals surface area contributed by atoms with E-state index < -0.39 is 29.6 Å². The molecule has 24 heavy (non-hydrogen) atoms. The molecule has 0 bridgehead atoms. The molecule has 1 aromatic carbocycles. The normalized spacial score (nSPS) is 16.7. The Morgan fingerprint density at radius 3 is 2.54 bits per heavy atom. The summed E-state index contributed by atoms with van der Waals surface area (Å²) in [5.41, 5.74) is 0.393. The number of benzene rings is 1. The van der Waals surface area contributed by atoms with Gasteiger partial charge >= 0.3 is 12.0 Å². The predicted octanol–water partition coefficient (Wildman–Crippen LogP) is 2.16. The van der Waals surface area contributed by atoms with E-state index in [1.165, 1.54) is 18.1 Å². The summed E-state index contributed by atoms with van der Waals surface area (Å²) in [6.45, 7) is 0.767. The van der Waals surface area contributed by atoms with Crippen molar-refractivity contribution in [2.75, 3.05) is 26.8 Å². The molecule has 1 atom stereocenters. The van der Waals surface area contributed by atoms with E-state index in [1.807, 2.05) is 0 Å². The van der Waals surface area contributed by atoms with Gasteiger partial charge < -0.3 is 20.1 Å². The van der Waals surface area contributed by atoms with E-state index in [1.54, 1.807) is 0 Å². The largest absolute Gasteiger partial charge is 0.481 e. The first-order valence-electron chi connectivity index (χ1n) is 7.64. The predicted molar refractivity (Wildman–Crippen MR) is 81.4 cm³/mol. The molecule has 8 heteroatoms. The van der Waals surface area contributed by atoms with E-state index in [0.717, 1.165) is 12.1 Å². The number of hydrogen-bond donors (Lipinski definition) is 2. The van der Waals surface area contributed by atoms with Crippen molar-refractivity contribution in [1.29, 1.82) is 0 Å². The molecule has 0 spiro atoms. The molecule has 1 aliphatic rings. The molecule has 2 N–H and O–H groups in total. The molecule has 0 radical (unpaired) electrons. The maximum Gasteiger partial charge on any atom is 0.317 e. The topological polar surface area (TPSA) is 78.9 Å². The Kier molecular flexibility index (Phi) is 6.08. The molecule has 1 saturated heterocycles. The number of carbonyl (C=O) groups is 2. The van der Waals surface area contributed by atoms with E-state index in [4.69, 9.17) is 9.84 Å². The number of hydrogen-bond acceptors (Lipinski definition) is 3. The SMILES string of the molecule is COCC(NC(=O)N1CCC(C(=O)O)CC1)c1ccc(F)c(F)c1. The molecule has 1 aliphatic heterocycles. The zero-order valence-corrected chi connectivity index (χ0v) is 13.3. The summed E-state index contributed by atoms with van der Waals surface area (Å²) in [5.74, 6) is -3.24. The highest BCUT2D eigenvalue weighted by Gasteiger charge is 2.28. The summed E-state index contributed by atoms with van der Waals surface area (Å²) in [6, 6.07) is 2.40. The van der Waals surface area contributed by atoms with Crippen molar-refractivity contribution >= 4 is 12.0 Å². The summed E-state index contributed by atoms with van der Waals surface area (Å²) < 4.78 is 31.5. The van der Waals surface area contributed by atoms with Crippen LogP contribution in [0.15, 0.2) is 18.2 Å². The molecule has 1 unspecified atom stereocenters. The van der Waals surface area contributed by atoms with Crippen molar-refractivity contribution in [3.63, 3.8) is 0 Å². The fraction of sp³-hybridized carbons (Fsp3) is 0.500. The van der Waals surface area contributed by atoms with Crippen LogP contribution in [-0.4, -0.2) is 48.8 Å². The van der Waals surface area contributed by atoms with E-state index >= 15 is 0 Å². The number of carboxylic acids is 1. The van der Waals surface area contributed by atoms with Gasteiger partial charge in [0.1, 0.15) is 0 Å². The fourth-order valence-electron chi connectivity index (χ4n) is 2.69. The lowest BCUT2D eigenvalue weighted by Gasteiger charge is -2.31. The van der Waals surface area contributed by atoms with Gasteiger partial charge in [-0.1, -0.05) is 6.07 Å². The molecular weight excluding hydrogens is 322 g/mol. The number of likely N-dealkylation sites (tertiary alicyclic amines) is 1. The van der Waals surface area contributed by atoms with Crippen molar-refractivity contribution in [2.45, 2.75) is 18.9 Å². The third-order valence-corrected chi connectivity index (χ3v) is 4.11. The zero-order chi connectivity index (χ0) is 17.7. The number of halogens is 2. The van der Waals surface area contributed by atoms with E-state index in [0.29, 0.717) is 31.5 Å². The van der Waals surface area contributed by atoms with Crippen LogP contribution in [0.2, 0.25) is 0 Å². The van der Waals surface area contributed by atoms with Crippen molar-refractivity contribution < 1.29 is 28.2 Å². The van der Waals surface area contributed by atoms with Crippen molar-refractivity contribution in [1.82, 2.24) is 10.2 Å².